The van der Waals surface area contributed by atoms with Gasteiger partial charge in [0.05, 0.1) is 17.6 Å². The Morgan fingerprint density at radius 2 is 2.15 bits per heavy atom. The van der Waals surface area contributed by atoms with Crippen molar-refractivity contribution in [1.29, 1.82) is 0 Å². The van der Waals surface area contributed by atoms with Crippen molar-refractivity contribution >= 4 is 17.0 Å². The van der Waals surface area contributed by atoms with Crippen LogP contribution in [0.2, 0.25) is 0 Å². The first-order valence-corrected chi connectivity index (χ1v) is 7.18. The highest BCUT2D eigenvalue weighted by molar-refractivity contribution is 5.83. The summed E-state index contributed by atoms with van der Waals surface area (Å²) in [6, 6.07) is 6.04. The van der Waals surface area contributed by atoms with Crippen molar-refractivity contribution in [3.05, 3.63) is 29.6 Å². The molecule has 0 aliphatic carbocycles. The number of rotatable bonds is 5. The molecule has 1 aromatic carbocycles. The highest BCUT2D eigenvalue weighted by atomic mass is 16.5. The van der Waals surface area contributed by atoms with E-state index in [1.807, 2.05) is 30.7 Å². The molecule has 20 heavy (non-hydrogen) atoms. The van der Waals surface area contributed by atoms with Crippen molar-refractivity contribution in [3.63, 3.8) is 0 Å². The smallest absolute Gasteiger partial charge is 0.316 e. The number of carbonyl (C=O) groups excluding carboxylic acids is 1. The molecule has 0 saturated carbocycles. The third kappa shape index (κ3) is 2.55. The quantitative estimate of drug-likeness (QED) is 0.785. The van der Waals surface area contributed by atoms with Crippen molar-refractivity contribution < 1.29 is 9.53 Å². The van der Waals surface area contributed by atoms with Crippen LogP contribution in [0.5, 0.6) is 0 Å². The van der Waals surface area contributed by atoms with Crippen LogP contribution in [-0.4, -0.2) is 22.1 Å². The third-order valence-corrected chi connectivity index (χ3v) is 3.59. The van der Waals surface area contributed by atoms with Crippen molar-refractivity contribution in [2.45, 2.75) is 39.5 Å². The minimum atomic E-state index is -0.281. The molecule has 1 atom stereocenters. The Hall–Kier alpha value is -1.84. The Bertz CT molecular complexity index is 616. The van der Waals surface area contributed by atoms with E-state index in [0.29, 0.717) is 6.61 Å². The van der Waals surface area contributed by atoms with Gasteiger partial charge in [-0.05, 0) is 31.9 Å². The molecule has 2 aromatic rings. The number of aryl methyl sites for hydroxylation is 2. The number of ether oxygens (including phenoxy) is 1. The third-order valence-electron chi connectivity index (χ3n) is 3.59. The molecule has 0 fully saturated rings. The average molecular weight is 274 g/mol. The van der Waals surface area contributed by atoms with Crippen molar-refractivity contribution in [1.82, 2.24) is 9.55 Å². The van der Waals surface area contributed by atoms with Crippen LogP contribution in [-0.2, 0) is 16.6 Å². The number of benzene rings is 1. The molecule has 0 spiro atoms. The summed E-state index contributed by atoms with van der Waals surface area (Å²) in [6.07, 6.45) is 1.68. The molecule has 1 heterocycles. The van der Waals surface area contributed by atoms with Gasteiger partial charge in [-0.25, -0.2) is 4.98 Å². The summed E-state index contributed by atoms with van der Waals surface area (Å²) in [5, 5.41) is 0. The predicted molar refractivity (Wildman–Crippen MR) is 79.7 cm³/mol. The number of aromatic nitrogens is 2. The van der Waals surface area contributed by atoms with Crippen LogP contribution in [0.4, 0.5) is 0 Å². The molecule has 0 aliphatic rings. The Labute approximate surface area is 119 Å². The molecule has 1 unspecified atom stereocenters. The number of fused-ring (bicyclic) bond motifs is 1. The van der Waals surface area contributed by atoms with Crippen molar-refractivity contribution in [2.24, 2.45) is 7.05 Å². The van der Waals surface area contributed by atoms with Gasteiger partial charge in [-0.3, -0.25) is 4.79 Å². The summed E-state index contributed by atoms with van der Waals surface area (Å²) in [5.74, 6) is 0.344. The zero-order valence-electron chi connectivity index (χ0n) is 12.6. The molecule has 1 aromatic heterocycles. The predicted octanol–water partition coefficient (Wildman–Crippen LogP) is 3.33. The minimum absolute atomic E-state index is 0.176. The summed E-state index contributed by atoms with van der Waals surface area (Å²) in [4.78, 5) is 16.8. The lowest BCUT2D eigenvalue weighted by Gasteiger charge is -2.14. The van der Waals surface area contributed by atoms with Gasteiger partial charge in [-0.2, -0.15) is 0 Å². The van der Waals surface area contributed by atoms with E-state index in [9.17, 15) is 4.79 Å². The van der Waals surface area contributed by atoms with Gasteiger partial charge in [0.1, 0.15) is 11.7 Å². The maximum atomic E-state index is 12.2. The lowest BCUT2D eigenvalue weighted by molar-refractivity contribution is -0.145. The van der Waals surface area contributed by atoms with Gasteiger partial charge >= 0.3 is 5.97 Å². The number of carbonyl (C=O) groups is 1. The number of esters is 1. The molecule has 108 valence electrons. The van der Waals surface area contributed by atoms with Crippen LogP contribution >= 0.6 is 0 Å². The normalized spacial score (nSPS) is 12.6. The van der Waals surface area contributed by atoms with E-state index >= 15 is 0 Å². The molecule has 0 aliphatic heterocycles. The van der Waals surface area contributed by atoms with E-state index in [4.69, 9.17) is 4.74 Å². The average Bonchev–Trinajstić information content (AvgIpc) is 2.75. The molecule has 0 amide bonds. The van der Waals surface area contributed by atoms with E-state index in [2.05, 4.69) is 24.9 Å². The highest BCUT2D eigenvalue weighted by Gasteiger charge is 2.26. The first-order chi connectivity index (χ1) is 9.60. The van der Waals surface area contributed by atoms with Gasteiger partial charge in [0.25, 0.3) is 0 Å². The molecule has 4 nitrogen and oxygen atoms in total. The van der Waals surface area contributed by atoms with Crippen LogP contribution in [0.25, 0.3) is 11.0 Å². The largest absolute Gasteiger partial charge is 0.465 e. The van der Waals surface area contributed by atoms with E-state index in [1.54, 1.807) is 0 Å². The fraction of sp³-hybridized carbons (Fsp3) is 0.500. The van der Waals surface area contributed by atoms with Gasteiger partial charge in [0.15, 0.2) is 0 Å². The van der Waals surface area contributed by atoms with Crippen LogP contribution in [0, 0.1) is 6.92 Å². The lowest BCUT2D eigenvalue weighted by Crippen LogP contribution is -2.19. The zero-order chi connectivity index (χ0) is 14.7. The van der Waals surface area contributed by atoms with Gasteiger partial charge < -0.3 is 9.30 Å². The standard InChI is InChI=1S/C16H22N2O2/c1-5-8-12(16(19)20-6-2)15-17-13-10-7-9-11(3)14(13)18(15)4/h7,9-10,12H,5-6,8H2,1-4H3. The summed E-state index contributed by atoms with van der Waals surface area (Å²) in [6.45, 7) is 6.37. The van der Waals surface area contributed by atoms with E-state index in [1.165, 1.54) is 5.56 Å². The second-order valence-corrected chi connectivity index (χ2v) is 5.06. The summed E-state index contributed by atoms with van der Waals surface area (Å²) >= 11 is 0. The second kappa shape index (κ2) is 6.07. The molecule has 4 heteroatoms. The Kier molecular flexibility index (Phi) is 4.42. The maximum absolute atomic E-state index is 12.2. The molecule has 0 radical (unpaired) electrons. The van der Waals surface area contributed by atoms with Crippen LogP contribution < -0.4 is 0 Å². The summed E-state index contributed by atoms with van der Waals surface area (Å²) < 4.78 is 7.23. The topological polar surface area (TPSA) is 44.1 Å². The van der Waals surface area contributed by atoms with E-state index in [0.717, 1.165) is 29.7 Å². The molecular formula is C16H22N2O2. The summed E-state index contributed by atoms with van der Waals surface area (Å²) in [7, 11) is 1.97. The first kappa shape index (κ1) is 14.6. The van der Waals surface area contributed by atoms with Crippen LogP contribution in [0.1, 0.15) is 44.0 Å². The van der Waals surface area contributed by atoms with Gasteiger partial charge in [-0.1, -0.05) is 25.5 Å². The highest BCUT2D eigenvalue weighted by Crippen LogP contribution is 2.27. The molecule has 0 saturated heterocycles. The number of para-hydroxylation sites is 1. The Morgan fingerprint density at radius 1 is 1.40 bits per heavy atom. The van der Waals surface area contributed by atoms with E-state index in [-0.39, 0.29) is 11.9 Å². The summed E-state index contributed by atoms with van der Waals surface area (Å²) in [5.41, 5.74) is 3.20. The van der Waals surface area contributed by atoms with Gasteiger partial charge in [-0.15, -0.1) is 0 Å². The number of nitrogens with zero attached hydrogens (tertiary/aromatic N) is 2. The maximum Gasteiger partial charge on any atom is 0.316 e. The fourth-order valence-electron chi connectivity index (χ4n) is 2.68. The first-order valence-electron chi connectivity index (χ1n) is 7.18. The zero-order valence-corrected chi connectivity index (χ0v) is 12.6. The SMILES string of the molecule is CCCC(C(=O)OCC)c1nc2cccc(C)c2n1C. The number of imidazole rings is 1. The molecule has 2 rings (SSSR count). The fourth-order valence-corrected chi connectivity index (χ4v) is 2.68. The number of hydrogen-bond donors (Lipinski definition) is 0. The van der Waals surface area contributed by atoms with E-state index < -0.39 is 0 Å². The van der Waals surface area contributed by atoms with Crippen LogP contribution in [0.3, 0.4) is 0 Å². The molecular weight excluding hydrogens is 252 g/mol. The minimum Gasteiger partial charge on any atom is -0.465 e. The van der Waals surface area contributed by atoms with Gasteiger partial charge in [0, 0.05) is 7.05 Å². The van der Waals surface area contributed by atoms with Gasteiger partial charge in [0.2, 0.25) is 0 Å². The van der Waals surface area contributed by atoms with Crippen molar-refractivity contribution in [2.75, 3.05) is 6.61 Å². The monoisotopic (exact) mass is 274 g/mol. The Morgan fingerprint density at radius 3 is 2.75 bits per heavy atom. The molecule has 0 bridgehead atoms. The van der Waals surface area contributed by atoms with Crippen molar-refractivity contribution in [3.8, 4) is 0 Å². The number of hydrogen-bond acceptors (Lipinski definition) is 3. The Balaban J connectivity index is 2.51. The lowest BCUT2D eigenvalue weighted by atomic mass is 10.0. The van der Waals surface area contributed by atoms with Crippen LogP contribution in [0.15, 0.2) is 18.2 Å². The second-order valence-electron chi connectivity index (χ2n) is 5.06. The molecule has 0 N–H and O–H groups in total.